The van der Waals surface area contributed by atoms with Crippen LogP contribution in [-0.4, -0.2) is 72.6 Å². The van der Waals surface area contributed by atoms with Crippen molar-refractivity contribution in [3.8, 4) is 5.75 Å². The maximum Gasteiger partial charge on any atom is 0.257 e. The van der Waals surface area contributed by atoms with E-state index in [1.165, 1.54) is 0 Å². The third-order valence-corrected chi connectivity index (χ3v) is 6.99. The molecule has 0 bridgehead atoms. The number of piperidine rings is 1. The van der Waals surface area contributed by atoms with Crippen LogP contribution >= 0.6 is 0 Å². The number of carbonyl (C=O) groups is 3. The summed E-state index contributed by atoms with van der Waals surface area (Å²) in [5, 5.41) is 2.97. The lowest BCUT2D eigenvalue weighted by Crippen LogP contribution is -2.60. The molecule has 2 aromatic rings. The molecule has 0 saturated carbocycles. The summed E-state index contributed by atoms with van der Waals surface area (Å²) in [6.45, 7) is 7.42. The Bertz CT molecular complexity index is 1120. The average molecular weight is 494 g/mol. The lowest BCUT2D eigenvalue weighted by atomic mass is 9.95. The van der Waals surface area contributed by atoms with Gasteiger partial charge in [0.25, 0.3) is 11.8 Å². The summed E-state index contributed by atoms with van der Waals surface area (Å²) in [5.74, 6) is 0.389. The maximum atomic E-state index is 13.9. The van der Waals surface area contributed by atoms with Gasteiger partial charge in [-0.3, -0.25) is 19.3 Å². The number of rotatable bonds is 6. The quantitative estimate of drug-likeness (QED) is 0.668. The van der Waals surface area contributed by atoms with Crippen LogP contribution in [0, 0.1) is 12.8 Å². The number of likely N-dealkylation sites (tertiary alicyclic amines) is 1. The van der Waals surface area contributed by atoms with Crippen LogP contribution in [0.4, 0.5) is 0 Å². The van der Waals surface area contributed by atoms with E-state index < -0.39 is 11.8 Å². The Hall–Kier alpha value is -3.39. The Morgan fingerprint density at radius 1 is 1.08 bits per heavy atom. The van der Waals surface area contributed by atoms with Crippen molar-refractivity contribution in [1.82, 2.24) is 15.1 Å². The Morgan fingerprint density at radius 3 is 2.47 bits per heavy atom. The summed E-state index contributed by atoms with van der Waals surface area (Å²) in [6, 6.07) is 13.7. The maximum absolute atomic E-state index is 13.9. The minimum atomic E-state index is -0.940. The first-order valence-corrected chi connectivity index (χ1v) is 12.5. The third kappa shape index (κ3) is 5.09. The van der Waals surface area contributed by atoms with E-state index in [2.05, 4.69) is 5.32 Å². The van der Waals surface area contributed by atoms with Gasteiger partial charge in [0.05, 0.1) is 13.7 Å². The Kier molecular flexibility index (Phi) is 7.64. The molecule has 36 heavy (non-hydrogen) atoms. The Labute approximate surface area is 212 Å². The normalized spacial score (nSPS) is 19.0. The minimum Gasteiger partial charge on any atom is -0.497 e. The first kappa shape index (κ1) is 25.7. The molecule has 2 aromatic carbocycles. The zero-order valence-electron chi connectivity index (χ0n) is 21.5. The monoisotopic (exact) mass is 493 g/mol. The molecule has 2 aliphatic heterocycles. The van der Waals surface area contributed by atoms with Crippen molar-refractivity contribution in [3.63, 3.8) is 0 Å². The van der Waals surface area contributed by atoms with Crippen molar-refractivity contribution in [2.75, 3.05) is 33.4 Å². The number of nitrogens with one attached hydrogen (secondary N) is 1. The van der Waals surface area contributed by atoms with Gasteiger partial charge < -0.3 is 19.7 Å². The number of hydrogen-bond acceptors (Lipinski definition) is 5. The minimum absolute atomic E-state index is 0.0928. The summed E-state index contributed by atoms with van der Waals surface area (Å²) in [6.07, 6.45) is 0.850. The molecule has 2 heterocycles. The molecule has 0 radical (unpaired) electrons. The molecule has 1 N–H and O–H groups in total. The molecule has 0 aromatic heterocycles. The van der Waals surface area contributed by atoms with Gasteiger partial charge in [0.1, 0.15) is 17.5 Å². The second-order valence-electron chi connectivity index (χ2n) is 9.93. The van der Waals surface area contributed by atoms with Gasteiger partial charge in [-0.1, -0.05) is 38.1 Å². The van der Waals surface area contributed by atoms with Gasteiger partial charge in [0, 0.05) is 43.6 Å². The molecule has 2 fully saturated rings. The van der Waals surface area contributed by atoms with Crippen LogP contribution in [0.5, 0.6) is 5.75 Å². The summed E-state index contributed by atoms with van der Waals surface area (Å²) in [7, 11) is 1.57. The predicted molar refractivity (Wildman–Crippen MR) is 136 cm³/mol. The zero-order valence-corrected chi connectivity index (χ0v) is 21.5. The van der Waals surface area contributed by atoms with E-state index in [1.807, 2.05) is 39.0 Å². The highest BCUT2D eigenvalue weighted by atomic mass is 16.5. The van der Waals surface area contributed by atoms with Crippen molar-refractivity contribution in [2.24, 2.45) is 5.92 Å². The Morgan fingerprint density at radius 2 is 1.81 bits per heavy atom. The summed E-state index contributed by atoms with van der Waals surface area (Å²) < 4.78 is 11.5. The fourth-order valence-electron chi connectivity index (χ4n) is 4.93. The van der Waals surface area contributed by atoms with Gasteiger partial charge >= 0.3 is 0 Å². The van der Waals surface area contributed by atoms with Gasteiger partial charge in [-0.15, -0.1) is 0 Å². The van der Waals surface area contributed by atoms with E-state index in [4.69, 9.17) is 9.47 Å². The molecule has 8 nitrogen and oxygen atoms in total. The molecule has 2 aliphatic rings. The standard InChI is InChI=1S/C28H35N3O5/c1-19(2)17-29-25(32)24-18-36-28(31(24)27(34)23-11-6-5-8-20(23)3)12-14-30(15-13-28)26(33)21-9-7-10-22(16-21)35-4/h5-11,16,19,24H,12-15,17-18H2,1-4H3,(H,29,32)/t24-/m0/s1. The zero-order chi connectivity index (χ0) is 25.9. The molecular formula is C28H35N3O5. The van der Waals surface area contributed by atoms with Crippen LogP contribution in [0.25, 0.3) is 0 Å². The van der Waals surface area contributed by atoms with E-state index in [0.717, 1.165) is 5.56 Å². The van der Waals surface area contributed by atoms with Crippen molar-refractivity contribution in [2.45, 2.75) is 45.4 Å². The fraction of sp³-hybridized carbons (Fsp3) is 0.464. The molecule has 2 saturated heterocycles. The second kappa shape index (κ2) is 10.7. The summed E-state index contributed by atoms with van der Waals surface area (Å²) in [4.78, 5) is 43.6. The number of methoxy groups -OCH3 is 1. The number of carbonyl (C=O) groups excluding carboxylic acids is 3. The molecular weight excluding hydrogens is 458 g/mol. The molecule has 3 amide bonds. The van der Waals surface area contributed by atoms with Crippen LogP contribution < -0.4 is 10.1 Å². The van der Waals surface area contributed by atoms with Crippen LogP contribution in [0.1, 0.15) is 53.0 Å². The van der Waals surface area contributed by atoms with Crippen molar-refractivity contribution in [1.29, 1.82) is 0 Å². The molecule has 0 aliphatic carbocycles. The molecule has 1 atom stereocenters. The predicted octanol–water partition coefficient (Wildman–Crippen LogP) is 3.25. The molecule has 0 unspecified atom stereocenters. The Balaban J connectivity index is 1.57. The highest BCUT2D eigenvalue weighted by Gasteiger charge is 2.54. The number of hydrogen-bond donors (Lipinski definition) is 1. The van der Waals surface area contributed by atoms with Crippen molar-refractivity contribution >= 4 is 17.7 Å². The van der Waals surface area contributed by atoms with Crippen LogP contribution in [0.15, 0.2) is 48.5 Å². The number of nitrogens with zero attached hydrogens (tertiary/aromatic N) is 2. The van der Waals surface area contributed by atoms with Crippen molar-refractivity contribution < 1.29 is 23.9 Å². The topological polar surface area (TPSA) is 88.2 Å². The smallest absolute Gasteiger partial charge is 0.257 e. The number of amides is 3. The second-order valence-corrected chi connectivity index (χ2v) is 9.93. The SMILES string of the molecule is COc1cccc(C(=O)N2CCC3(CC2)OC[C@@H](C(=O)NCC(C)C)N3C(=O)c2ccccc2C)c1. The highest BCUT2D eigenvalue weighted by molar-refractivity contribution is 5.99. The molecule has 4 rings (SSSR count). The van der Waals surface area contributed by atoms with Gasteiger partial charge in [0.2, 0.25) is 5.91 Å². The number of ether oxygens (including phenoxy) is 2. The van der Waals surface area contributed by atoms with E-state index in [0.29, 0.717) is 49.4 Å². The summed E-state index contributed by atoms with van der Waals surface area (Å²) in [5.41, 5.74) is 1.01. The molecule has 192 valence electrons. The average Bonchev–Trinajstić information content (AvgIpc) is 3.25. The molecule has 8 heteroatoms. The van der Waals surface area contributed by atoms with E-state index in [9.17, 15) is 14.4 Å². The number of benzene rings is 2. The first-order chi connectivity index (χ1) is 17.3. The van der Waals surface area contributed by atoms with Gasteiger partial charge in [-0.25, -0.2) is 0 Å². The largest absolute Gasteiger partial charge is 0.497 e. The van der Waals surface area contributed by atoms with Crippen LogP contribution in [0.2, 0.25) is 0 Å². The third-order valence-electron chi connectivity index (χ3n) is 6.99. The van der Waals surface area contributed by atoms with E-state index >= 15 is 0 Å². The van der Waals surface area contributed by atoms with Crippen LogP contribution in [-0.2, 0) is 9.53 Å². The lowest BCUT2D eigenvalue weighted by molar-refractivity contribution is -0.128. The van der Waals surface area contributed by atoms with E-state index in [-0.39, 0.29) is 30.2 Å². The summed E-state index contributed by atoms with van der Waals surface area (Å²) >= 11 is 0. The fourth-order valence-corrected chi connectivity index (χ4v) is 4.93. The highest BCUT2D eigenvalue weighted by Crippen LogP contribution is 2.39. The van der Waals surface area contributed by atoms with E-state index in [1.54, 1.807) is 47.2 Å². The van der Waals surface area contributed by atoms with Gasteiger partial charge in [0.15, 0.2) is 0 Å². The van der Waals surface area contributed by atoms with Gasteiger partial charge in [-0.05, 0) is 42.7 Å². The number of aryl methyl sites for hydroxylation is 1. The van der Waals surface area contributed by atoms with Gasteiger partial charge in [-0.2, -0.15) is 0 Å². The lowest BCUT2D eigenvalue weighted by Gasteiger charge is -2.44. The van der Waals surface area contributed by atoms with Crippen molar-refractivity contribution in [3.05, 3.63) is 65.2 Å². The molecule has 1 spiro atoms. The first-order valence-electron chi connectivity index (χ1n) is 12.5. The van der Waals surface area contributed by atoms with Crippen LogP contribution in [0.3, 0.4) is 0 Å².